The minimum absolute atomic E-state index is 0.142. The Bertz CT molecular complexity index is 361. The van der Waals surface area contributed by atoms with Crippen LogP contribution in [0.3, 0.4) is 0 Å². The summed E-state index contributed by atoms with van der Waals surface area (Å²) in [4.78, 5) is 8.47. The number of hydrogen-bond acceptors (Lipinski definition) is 4. The van der Waals surface area contributed by atoms with Crippen LogP contribution in [0.4, 0.5) is 5.95 Å². The molecule has 0 aliphatic heterocycles. The fourth-order valence-corrected chi connectivity index (χ4v) is 1.42. The maximum Gasteiger partial charge on any atom is 0.225 e. The second-order valence-electron chi connectivity index (χ2n) is 5.05. The zero-order valence-electron chi connectivity index (χ0n) is 10.2. The van der Waals surface area contributed by atoms with Crippen LogP contribution >= 0.6 is 0 Å². The van der Waals surface area contributed by atoms with Crippen LogP contribution in [0.2, 0.25) is 0 Å². The molecule has 0 unspecified atom stereocenters. The molecule has 4 nitrogen and oxygen atoms in total. The molecule has 0 spiro atoms. The predicted molar refractivity (Wildman–Crippen MR) is 63.6 cm³/mol. The predicted octanol–water partition coefficient (Wildman–Crippen LogP) is 2.48. The summed E-state index contributed by atoms with van der Waals surface area (Å²) in [6.45, 7) is 7.19. The van der Waals surface area contributed by atoms with Crippen LogP contribution in [0.25, 0.3) is 0 Å². The minimum Gasteiger partial charge on any atom is -0.475 e. The topological polar surface area (TPSA) is 47.0 Å². The first kappa shape index (κ1) is 11.2. The lowest BCUT2D eigenvalue weighted by atomic mass is 10.1. The second-order valence-corrected chi connectivity index (χ2v) is 5.05. The number of nitrogens with one attached hydrogen (secondary N) is 1. The van der Waals surface area contributed by atoms with E-state index < -0.39 is 0 Å². The molecule has 0 aromatic carbocycles. The molecule has 2 rings (SSSR count). The van der Waals surface area contributed by atoms with E-state index in [-0.39, 0.29) is 6.10 Å². The smallest absolute Gasteiger partial charge is 0.225 e. The zero-order chi connectivity index (χ0) is 11.6. The fourth-order valence-electron chi connectivity index (χ4n) is 1.42. The van der Waals surface area contributed by atoms with Gasteiger partial charge in [0, 0.05) is 18.8 Å². The highest BCUT2D eigenvalue weighted by Gasteiger charge is 2.36. The van der Waals surface area contributed by atoms with Gasteiger partial charge in [-0.05, 0) is 32.1 Å². The molecule has 1 aliphatic rings. The average Bonchev–Trinajstić information content (AvgIpc) is 2.94. The third kappa shape index (κ3) is 3.08. The first-order chi connectivity index (χ1) is 7.57. The summed E-state index contributed by atoms with van der Waals surface area (Å²) >= 11 is 0. The summed E-state index contributed by atoms with van der Waals surface area (Å²) in [5.41, 5.74) is 0.457. The Balaban J connectivity index is 1.93. The zero-order valence-corrected chi connectivity index (χ0v) is 10.2. The summed E-state index contributed by atoms with van der Waals surface area (Å²) < 4.78 is 5.51. The lowest BCUT2D eigenvalue weighted by Crippen LogP contribution is -2.14. The highest BCUT2D eigenvalue weighted by atomic mass is 16.5. The van der Waals surface area contributed by atoms with E-state index in [2.05, 4.69) is 22.2 Å². The van der Waals surface area contributed by atoms with Crippen molar-refractivity contribution in [3.63, 3.8) is 0 Å². The highest BCUT2D eigenvalue weighted by Crippen LogP contribution is 2.44. The molecule has 88 valence electrons. The summed E-state index contributed by atoms with van der Waals surface area (Å²) in [7, 11) is 0. The van der Waals surface area contributed by atoms with Gasteiger partial charge in [-0.15, -0.1) is 0 Å². The third-order valence-electron chi connectivity index (χ3n) is 2.76. The molecule has 1 aromatic rings. The lowest BCUT2D eigenvalue weighted by Gasteiger charge is -2.12. The molecule has 0 amide bonds. The molecule has 1 heterocycles. The van der Waals surface area contributed by atoms with Gasteiger partial charge in [0.2, 0.25) is 11.8 Å². The van der Waals surface area contributed by atoms with Crippen molar-refractivity contribution in [1.29, 1.82) is 0 Å². The van der Waals surface area contributed by atoms with Crippen molar-refractivity contribution in [2.24, 2.45) is 5.41 Å². The highest BCUT2D eigenvalue weighted by molar-refractivity contribution is 5.28. The van der Waals surface area contributed by atoms with Crippen LogP contribution in [0.15, 0.2) is 12.3 Å². The molecule has 4 heteroatoms. The molecular weight excluding hydrogens is 202 g/mol. The molecule has 16 heavy (non-hydrogen) atoms. The molecular formula is C12H19N3O. The van der Waals surface area contributed by atoms with Gasteiger partial charge in [0.15, 0.2) is 0 Å². The maximum absolute atomic E-state index is 5.51. The Morgan fingerprint density at radius 1 is 1.50 bits per heavy atom. The van der Waals surface area contributed by atoms with E-state index in [1.165, 1.54) is 12.8 Å². The summed E-state index contributed by atoms with van der Waals surface area (Å²) in [5, 5.41) is 3.26. The Labute approximate surface area is 96.4 Å². The normalized spacial score (nSPS) is 17.2. The van der Waals surface area contributed by atoms with Gasteiger partial charge in [-0.25, -0.2) is 4.98 Å². The van der Waals surface area contributed by atoms with Crippen LogP contribution < -0.4 is 10.1 Å². The van der Waals surface area contributed by atoms with E-state index >= 15 is 0 Å². The lowest BCUT2D eigenvalue weighted by molar-refractivity contribution is 0.232. The van der Waals surface area contributed by atoms with Gasteiger partial charge in [0.25, 0.3) is 0 Å². The van der Waals surface area contributed by atoms with E-state index in [0.29, 0.717) is 17.2 Å². The maximum atomic E-state index is 5.51. The minimum atomic E-state index is 0.142. The molecule has 0 radical (unpaired) electrons. The molecule has 1 aromatic heterocycles. The summed E-state index contributed by atoms with van der Waals surface area (Å²) in [6, 6.07) is 1.78. The van der Waals surface area contributed by atoms with E-state index in [0.717, 1.165) is 6.54 Å². The quantitative estimate of drug-likeness (QED) is 0.829. The molecule has 1 aliphatic carbocycles. The van der Waals surface area contributed by atoms with Crippen molar-refractivity contribution in [3.8, 4) is 5.88 Å². The number of aromatic nitrogens is 2. The van der Waals surface area contributed by atoms with Crippen molar-refractivity contribution < 1.29 is 4.74 Å². The van der Waals surface area contributed by atoms with Crippen LogP contribution in [-0.2, 0) is 0 Å². The third-order valence-corrected chi connectivity index (χ3v) is 2.76. The second kappa shape index (κ2) is 4.28. The van der Waals surface area contributed by atoms with Crippen LogP contribution in [0.1, 0.15) is 33.6 Å². The number of anilines is 1. The van der Waals surface area contributed by atoms with Gasteiger partial charge in [0.05, 0.1) is 6.10 Å². The van der Waals surface area contributed by atoms with E-state index in [9.17, 15) is 0 Å². The molecule has 0 saturated heterocycles. The number of nitrogens with zero attached hydrogens (tertiary/aromatic N) is 2. The Hall–Kier alpha value is -1.32. The van der Waals surface area contributed by atoms with Crippen LogP contribution in [-0.4, -0.2) is 22.6 Å². The van der Waals surface area contributed by atoms with Crippen LogP contribution in [0, 0.1) is 5.41 Å². The average molecular weight is 221 g/mol. The van der Waals surface area contributed by atoms with E-state index in [4.69, 9.17) is 4.74 Å². The molecule has 1 N–H and O–H groups in total. The van der Waals surface area contributed by atoms with Gasteiger partial charge in [-0.2, -0.15) is 4.98 Å². The van der Waals surface area contributed by atoms with Gasteiger partial charge < -0.3 is 10.1 Å². The monoisotopic (exact) mass is 221 g/mol. The SMILES string of the molecule is CC(C)Oc1ccnc(NCC2(C)CC2)n1. The number of hydrogen-bond donors (Lipinski definition) is 1. The van der Waals surface area contributed by atoms with Gasteiger partial charge in [-0.1, -0.05) is 6.92 Å². The Morgan fingerprint density at radius 2 is 2.25 bits per heavy atom. The van der Waals surface area contributed by atoms with E-state index in [1.807, 2.05) is 13.8 Å². The first-order valence-corrected chi connectivity index (χ1v) is 5.81. The van der Waals surface area contributed by atoms with E-state index in [1.54, 1.807) is 12.3 Å². The molecule has 0 bridgehead atoms. The van der Waals surface area contributed by atoms with Gasteiger partial charge >= 0.3 is 0 Å². The molecule has 0 atom stereocenters. The fraction of sp³-hybridized carbons (Fsp3) is 0.667. The van der Waals surface area contributed by atoms with Crippen molar-refractivity contribution in [1.82, 2.24) is 9.97 Å². The Kier molecular flexibility index (Phi) is 2.99. The Morgan fingerprint density at radius 3 is 2.88 bits per heavy atom. The first-order valence-electron chi connectivity index (χ1n) is 5.81. The number of ether oxygens (including phenoxy) is 1. The van der Waals surface area contributed by atoms with Crippen molar-refractivity contribution >= 4 is 5.95 Å². The van der Waals surface area contributed by atoms with Crippen LogP contribution in [0.5, 0.6) is 5.88 Å². The standard InChI is InChI=1S/C12H19N3O/c1-9(2)16-10-4-7-13-11(15-10)14-8-12(3)5-6-12/h4,7,9H,5-6,8H2,1-3H3,(H,13,14,15). The molecule has 1 saturated carbocycles. The summed E-state index contributed by atoms with van der Waals surface area (Å²) in [5.74, 6) is 1.29. The van der Waals surface area contributed by atoms with Crippen molar-refractivity contribution in [2.75, 3.05) is 11.9 Å². The van der Waals surface area contributed by atoms with Crippen molar-refractivity contribution in [3.05, 3.63) is 12.3 Å². The van der Waals surface area contributed by atoms with Crippen molar-refractivity contribution in [2.45, 2.75) is 39.7 Å². The van der Waals surface area contributed by atoms with Gasteiger partial charge in [0.1, 0.15) is 0 Å². The van der Waals surface area contributed by atoms with Gasteiger partial charge in [-0.3, -0.25) is 0 Å². The molecule has 1 fully saturated rings. The number of rotatable bonds is 5. The largest absolute Gasteiger partial charge is 0.475 e. The summed E-state index contributed by atoms with van der Waals surface area (Å²) in [6.07, 6.45) is 4.45.